The van der Waals surface area contributed by atoms with Crippen LogP contribution in [0.3, 0.4) is 0 Å². The molecular formula is C15H12BrFN2O. The van der Waals surface area contributed by atoms with Crippen LogP contribution in [0.5, 0.6) is 5.75 Å². The van der Waals surface area contributed by atoms with Crippen molar-refractivity contribution in [1.29, 1.82) is 0 Å². The Morgan fingerprint density at radius 3 is 2.80 bits per heavy atom. The van der Waals surface area contributed by atoms with E-state index in [1.807, 2.05) is 11.5 Å². The summed E-state index contributed by atoms with van der Waals surface area (Å²) in [7, 11) is 0. The molecule has 0 spiro atoms. The maximum Gasteiger partial charge on any atom is 0.144 e. The van der Waals surface area contributed by atoms with Crippen LogP contribution in [0.2, 0.25) is 0 Å². The molecular weight excluding hydrogens is 323 g/mol. The molecule has 0 aliphatic heterocycles. The fourth-order valence-electron chi connectivity index (χ4n) is 2.31. The average Bonchev–Trinajstić information content (AvgIpc) is 2.79. The summed E-state index contributed by atoms with van der Waals surface area (Å²) in [6.45, 7) is 2.60. The van der Waals surface area contributed by atoms with Crippen molar-refractivity contribution in [2.24, 2.45) is 0 Å². The molecule has 0 saturated carbocycles. The lowest BCUT2D eigenvalue weighted by atomic mass is 10.2. The van der Waals surface area contributed by atoms with Gasteiger partial charge in [0.2, 0.25) is 0 Å². The monoisotopic (exact) mass is 334 g/mol. The van der Waals surface area contributed by atoms with Gasteiger partial charge in [-0.3, -0.25) is 0 Å². The number of aromatic hydroxyl groups is 1. The van der Waals surface area contributed by atoms with E-state index in [1.165, 1.54) is 12.1 Å². The Morgan fingerprint density at radius 1 is 1.25 bits per heavy atom. The number of aryl methyl sites for hydroxylation is 1. The molecule has 20 heavy (non-hydrogen) atoms. The molecule has 0 fully saturated rings. The summed E-state index contributed by atoms with van der Waals surface area (Å²) < 4.78 is 16.2. The van der Waals surface area contributed by atoms with Crippen LogP contribution in [-0.2, 0) is 6.54 Å². The van der Waals surface area contributed by atoms with Gasteiger partial charge in [0, 0.05) is 11.0 Å². The van der Waals surface area contributed by atoms with Crippen molar-refractivity contribution in [1.82, 2.24) is 9.55 Å². The summed E-state index contributed by atoms with van der Waals surface area (Å²) in [6.07, 6.45) is 0. The minimum absolute atomic E-state index is 0.152. The van der Waals surface area contributed by atoms with E-state index in [9.17, 15) is 9.50 Å². The number of aromatic nitrogens is 2. The molecule has 0 aliphatic carbocycles. The second-order valence-electron chi connectivity index (χ2n) is 4.47. The van der Waals surface area contributed by atoms with Crippen LogP contribution in [0.4, 0.5) is 4.39 Å². The maximum absolute atomic E-state index is 13.4. The van der Waals surface area contributed by atoms with Crippen molar-refractivity contribution in [3.8, 4) is 17.1 Å². The molecule has 3 aromatic rings. The standard InChI is InChI=1S/C15H12BrFN2O/c1-2-19-13-8-10(17)4-5-12(13)18-15(19)11-7-9(16)3-6-14(11)20/h3-8,20H,2H2,1H3. The number of hydrogen-bond acceptors (Lipinski definition) is 2. The Balaban J connectivity index is 2.33. The zero-order valence-corrected chi connectivity index (χ0v) is 12.4. The molecule has 2 aromatic carbocycles. The molecule has 3 nitrogen and oxygen atoms in total. The number of fused-ring (bicyclic) bond motifs is 1. The first-order chi connectivity index (χ1) is 9.60. The minimum Gasteiger partial charge on any atom is -0.507 e. The number of hydrogen-bond donors (Lipinski definition) is 1. The highest BCUT2D eigenvalue weighted by Gasteiger charge is 2.15. The van der Waals surface area contributed by atoms with E-state index in [-0.39, 0.29) is 11.6 Å². The largest absolute Gasteiger partial charge is 0.507 e. The predicted molar refractivity (Wildman–Crippen MR) is 80.2 cm³/mol. The first kappa shape index (κ1) is 13.1. The molecule has 5 heteroatoms. The number of nitrogens with zero attached hydrogens (tertiary/aromatic N) is 2. The van der Waals surface area contributed by atoms with Crippen molar-refractivity contribution in [2.75, 3.05) is 0 Å². The SMILES string of the molecule is CCn1c(-c2cc(Br)ccc2O)nc2ccc(F)cc21. The van der Waals surface area contributed by atoms with Crippen LogP contribution in [0, 0.1) is 5.82 Å². The Bertz CT molecular complexity index is 798. The molecule has 1 aromatic heterocycles. The van der Waals surface area contributed by atoms with Gasteiger partial charge in [-0.1, -0.05) is 15.9 Å². The molecule has 0 unspecified atom stereocenters. The normalized spacial score (nSPS) is 11.2. The van der Waals surface area contributed by atoms with Gasteiger partial charge in [-0.25, -0.2) is 9.37 Å². The number of phenolic OH excluding ortho intramolecular Hbond substituents is 1. The van der Waals surface area contributed by atoms with Gasteiger partial charge in [0.15, 0.2) is 0 Å². The quantitative estimate of drug-likeness (QED) is 0.757. The van der Waals surface area contributed by atoms with Crippen molar-refractivity contribution < 1.29 is 9.50 Å². The third-order valence-electron chi connectivity index (χ3n) is 3.23. The van der Waals surface area contributed by atoms with E-state index in [2.05, 4.69) is 20.9 Å². The fourth-order valence-corrected chi connectivity index (χ4v) is 2.67. The Morgan fingerprint density at radius 2 is 2.05 bits per heavy atom. The lowest BCUT2D eigenvalue weighted by Crippen LogP contribution is -1.98. The topological polar surface area (TPSA) is 38.0 Å². The Labute approximate surface area is 123 Å². The van der Waals surface area contributed by atoms with Gasteiger partial charge < -0.3 is 9.67 Å². The molecule has 0 atom stereocenters. The van der Waals surface area contributed by atoms with Gasteiger partial charge in [0.05, 0.1) is 16.6 Å². The maximum atomic E-state index is 13.4. The number of imidazole rings is 1. The lowest BCUT2D eigenvalue weighted by molar-refractivity contribution is 0.476. The smallest absolute Gasteiger partial charge is 0.144 e. The highest BCUT2D eigenvalue weighted by Crippen LogP contribution is 2.33. The van der Waals surface area contributed by atoms with E-state index in [0.29, 0.717) is 23.4 Å². The summed E-state index contributed by atoms with van der Waals surface area (Å²) in [5, 5.41) is 10.0. The summed E-state index contributed by atoms with van der Waals surface area (Å²) in [6, 6.07) is 9.68. The highest BCUT2D eigenvalue weighted by molar-refractivity contribution is 9.10. The van der Waals surface area contributed by atoms with Crippen molar-refractivity contribution in [3.63, 3.8) is 0 Å². The Hall–Kier alpha value is -1.88. The van der Waals surface area contributed by atoms with E-state index < -0.39 is 0 Å². The van der Waals surface area contributed by atoms with Crippen LogP contribution in [-0.4, -0.2) is 14.7 Å². The summed E-state index contributed by atoms with van der Waals surface area (Å²) in [4.78, 5) is 4.51. The molecule has 1 N–H and O–H groups in total. The van der Waals surface area contributed by atoms with E-state index in [1.54, 1.807) is 24.3 Å². The Kier molecular flexibility index (Phi) is 3.22. The molecule has 0 bridgehead atoms. The van der Waals surface area contributed by atoms with E-state index in [4.69, 9.17) is 0 Å². The highest BCUT2D eigenvalue weighted by atomic mass is 79.9. The lowest BCUT2D eigenvalue weighted by Gasteiger charge is -2.08. The van der Waals surface area contributed by atoms with Gasteiger partial charge in [-0.15, -0.1) is 0 Å². The van der Waals surface area contributed by atoms with Crippen molar-refractivity contribution >= 4 is 27.0 Å². The molecule has 0 amide bonds. The molecule has 0 saturated heterocycles. The third kappa shape index (κ3) is 2.08. The van der Waals surface area contributed by atoms with Gasteiger partial charge in [0.1, 0.15) is 17.4 Å². The second-order valence-corrected chi connectivity index (χ2v) is 5.39. The van der Waals surface area contributed by atoms with Gasteiger partial charge in [-0.2, -0.15) is 0 Å². The van der Waals surface area contributed by atoms with E-state index in [0.717, 1.165) is 9.99 Å². The first-order valence-corrected chi connectivity index (χ1v) is 7.04. The molecule has 3 rings (SSSR count). The van der Waals surface area contributed by atoms with E-state index >= 15 is 0 Å². The first-order valence-electron chi connectivity index (χ1n) is 6.25. The molecule has 1 heterocycles. The van der Waals surface area contributed by atoms with Crippen LogP contribution in [0.15, 0.2) is 40.9 Å². The zero-order chi connectivity index (χ0) is 14.3. The van der Waals surface area contributed by atoms with Gasteiger partial charge >= 0.3 is 0 Å². The van der Waals surface area contributed by atoms with Crippen LogP contribution >= 0.6 is 15.9 Å². The summed E-state index contributed by atoms with van der Waals surface area (Å²) >= 11 is 3.39. The molecule has 102 valence electrons. The average molecular weight is 335 g/mol. The van der Waals surface area contributed by atoms with Crippen molar-refractivity contribution in [3.05, 3.63) is 46.7 Å². The number of rotatable bonds is 2. The molecule has 0 radical (unpaired) electrons. The molecule has 0 aliphatic rings. The van der Waals surface area contributed by atoms with Gasteiger partial charge in [-0.05, 0) is 43.3 Å². The van der Waals surface area contributed by atoms with Crippen LogP contribution in [0.1, 0.15) is 6.92 Å². The zero-order valence-electron chi connectivity index (χ0n) is 10.8. The van der Waals surface area contributed by atoms with Crippen LogP contribution in [0.25, 0.3) is 22.4 Å². The fraction of sp³-hybridized carbons (Fsp3) is 0.133. The summed E-state index contributed by atoms with van der Waals surface area (Å²) in [5.74, 6) is 0.489. The number of benzene rings is 2. The van der Waals surface area contributed by atoms with Crippen molar-refractivity contribution in [2.45, 2.75) is 13.5 Å². The summed E-state index contributed by atoms with van der Waals surface area (Å²) in [5.41, 5.74) is 2.06. The number of halogens is 2. The minimum atomic E-state index is -0.294. The van der Waals surface area contributed by atoms with Gasteiger partial charge in [0.25, 0.3) is 0 Å². The van der Waals surface area contributed by atoms with Crippen LogP contribution < -0.4 is 0 Å². The third-order valence-corrected chi connectivity index (χ3v) is 3.72. The second kappa shape index (κ2) is 4.90. The predicted octanol–water partition coefficient (Wildman–Crippen LogP) is 4.33. The number of phenols is 1.